The maximum atomic E-state index is 13.1. The van der Waals surface area contributed by atoms with E-state index in [-0.39, 0.29) is 40.2 Å². The van der Waals surface area contributed by atoms with Crippen molar-refractivity contribution >= 4 is 50.7 Å². The highest BCUT2D eigenvalue weighted by atomic mass is 32.2. The van der Waals surface area contributed by atoms with E-state index in [9.17, 15) is 28.1 Å². The maximum Gasteiger partial charge on any atom is 0.303 e. The molecule has 1 amide bonds. The number of aliphatic carboxylic acids is 1. The van der Waals surface area contributed by atoms with Crippen molar-refractivity contribution in [2.45, 2.75) is 55.4 Å². The number of sulfonamides is 1. The second-order valence-electron chi connectivity index (χ2n) is 11.9. The third-order valence-electron chi connectivity index (χ3n) is 7.46. The summed E-state index contributed by atoms with van der Waals surface area (Å²) in [4.78, 5) is 36.8. The molecule has 0 spiro atoms. The van der Waals surface area contributed by atoms with Gasteiger partial charge in [0.25, 0.3) is 21.6 Å². The normalized spacial score (nSPS) is 13.6. The first-order valence-electron chi connectivity index (χ1n) is 16.2. The number of carboxylic acids is 1. The van der Waals surface area contributed by atoms with Crippen molar-refractivity contribution in [2.75, 3.05) is 48.7 Å². The number of carboxylic acid groups (broad SMARTS) is 1. The van der Waals surface area contributed by atoms with Crippen LogP contribution in [0.15, 0.2) is 82.6 Å². The van der Waals surface area contributed by atoms with Gasteiger partial charge in [-0.1, -0.05) is 38.5 Å². The largest absolute Gasteiger partial charge is 0.481 e. The minimum Gasteiger partial charge on any atom is -0.481 e. The highest BCUT2D eigenvalue weighted by molar-refractivity contribution is 7.99. The molecule has 49 heavy (non-hydrogen) atoms. The first-order chi connectivity index (χ1) is 23.4. The lowest BCUT2D eigenvalue weighted by atomic mass is 10.1. The number of hydrogen-bond acceptors (Lipinski definition) is 11. The number of thioether (sulfide) groups is 1. The summed E-state index contributed by atoms with van der Waals surface area (Å²) < 4.78 is 28.2. The van der Waals surface area contributed by atoms with Gasteiger partial charge in [0, 0.05) is 66.6 Å². The first-order valence-corrected chi connectivity index (χ1v) is 18.6. The SMILES string of the molecule is CC(C)CC(=O)O.NCCCC[C@H](CSc1ccccc1)Nc1ccc(S(=O)(=O)NC(=O)c2ccc(N3CCNCC3)cc2)cc1[N+](=O)[O-]. The van der Waals surface area contributed by atoms with Gasteiger partial charge in [-0.25, -0.2) is 13.1 Å². The van der Waals surface area contributed by atoms with E-state index in [0.29, 0.717) is 12.3 Å². The molecule has 0 unspecified atom stereocenters. The molecule has 1 heterocycles. The van der Waals surface area contributed by atoms with Crippen LogP contribution >= 0.6 is 11.8 Å². The molecule has 13 nitrogen and oxygen atoms in total. The molecule has 1 aliphatic rings. The molecule has 3 aromatic carbocycles. The Labute approximate surface area is 292 Å². The van der Waals surface area contributed by atoms with Gasteiger partial charge < -0.3 is 26.4 Å². The molecular formula is C34H46N6O7S2. The van der Waals surface area contributed by atoms with Crippen LogP contribution in [0.3, 0.4) is 0 Å². The fraction of sp³-hybridized carbons (Fsp3) is 0.412. The monoisotopic (exact) mass is 714 g/mol. The zero-order chi connectivity index (χ0) is 35.8. The summed E-state index contributed by atoms with van der Waals surface area (Å²) in [6.07, 6.45) is 2.68. The molecule has 1 atom stereocenters. The number of nitrogens with zero attached hydrogens (tertiary/aromatic N) is 2. The van der Waals surface area contributed by atoms with Crippen molar-refractivity contribution in [3.05, 3.63) is 88.5 Å². The van der Waals surface area contributed by atoms with Crippen molar-refractivity contribution in [3.63, 3.8) is 0 Å². The number of nitrogens with two attached hydrogens (primary N) is 1. The van der Waals surface area contributed by atoms with Gasteiger partial charge in [-0.05, 0) is 73.8 Å². The first kappa shape index (κ1) is 39.3. The van der Waals surface area contributed by atoms with Crippen LogP contribution in [0, 0.1) is 16.0 Å². The van der Waals surface area contributed by atoms with Gasteiger partial charge in [0.15, 0.2) is 0 Å². The maximum absolute atomic E-state index is 13.1. The lowest BCUT2D eigenvalue weighted by molar-refractivity contribution is -0.384. The standard InChI is InChI=1S/C29H36N6O5S2.C5H10O2/c30-15-5-4-6-23(21-41-25-7-2-1-3-8-25)32-27-14-13-26(20-28(27)35(37)38)42(39,40)33-29(36)22-9-11-24(12-10-22)34-18-16-31-17-19-34;1-4(2)3-5(6)7/h1-3,7-14,20,23,31-32H,4-6,15-19,21,30H2,(H,33,36);4H,3H2,1-2H3,(H,6,7)/t23-;/m1./s1. The Kier molecular flexibility index (Phi) is 15.8. The van der Waals surface area contributed by atoms with E-state index < -0.39 is 26.8 Å². The molecule has 0 bridgehead atoms. The van der Waals surface area contributed by atoms with Crippen LogP contribution in [-0.4, -0.2) is 74.8 Å². The Morgan fingerprint density at radius 1 is 1.04 bits per heavy atom. The van der Waals surface area contributed by atoms with E-state index >= 15 is 0 Å². The smallest absolute Gasteiger partial charge is 0.303 e. The number of nitro benzene ring substituents is 1. The number of unbranched alkanes of at least 4 members (excludes halogenated alkanes) is 1. The average Bonchev–Trinajstić information content (AvgIpc) is 3.07. The highest BCUT2D eigenvalue weighted by Crippen LogP contribution is 2.30. The van der Waals surface area contributed by atoms with Crippen LogP contribution in [0.5, 0.6) is 0 Å². The zero-order valence-electron chi connectivity index (χ0n) is 27.8. The summed E-state index contributed by atoms with van der Waals surface area (Å²) in [6, 6.07) is 20.0. The third-order valence-corrected chi connectivity index (χ3v) is 9.96. The van der Waals surface area contributed by atoms with Gasteiger partial charge in [0.2, 0.25) is 0 Å². The van der Waals surface area contributed by atoms with Gasteiger partial charge in [0.05, 0.1) is 9.82 Å². The van der Waals surface area contributed by atoms with E-state index in [4.69, 9.17) is 10.8 Å². The second kappa shape index (κ2) is 19.7. The zero-order valence-corrected chi connectivity index (χ0v) is 29.5. The molecule has 6 N–H and O–H groups in total. The molecule has 0 radical (unpaired) electrons. The Hall–Kier alpha value is -4.18. The summed E-state index contributed by atoms with van der Waals surface area (Å²) >= 11 is 1.63. The molecule has 1 saturated heterocycles. The van der Waals surface area contributed by atoms with Gasteiger partial charge in [-0.2, -0.15) is 0 Å². The summed E-state index contributed by atoms with van der Waals surface area (Å²) in [5.74, 6) is -0.605. The van der Waals surface area contributed by atoms with E-state index in [1.54, 1.807) is 36.0 Å². The lowest BCUT2D eigenvalue weighted by Gasteiger charge is -2.29. The van der Waals surface area contributed by atoms with E-state index in [1.165, 1.54) is 12.1 Å². The van der Waals surface area contributed by atoms with Gasteiger partial charge in [-0.15, -0.1) is 11.8 Å². The van der Waals surface area contributed by atoms with Crippen molar-refractivity contribution in [1.82, 2.24) is 10.0 Å². The third kappa shape index (κ3) is 13.3. The van der Waals surface area contributed by atoms with Crippen molar-refractivity contribution < 1.29 is 28.0 Å². The molecule has 0 aromatic heterocycles. The number of benzene rings is 3. The van der Waals surface area contributed by atoms with Gasteiger partial charge in [-0.3, -0.25) is 19.7 Å². The Morgan fingerprint density at radius 2 is 1.71 bits per heavy atom. The second-order valence-corrected chi connectivity index (χ2v) is 14.7. The summed E-state index contributed by atoms with van der Waals surface area (Å²) in [7, 11) is -4.37. The van der Waals surface area contributed by atoms with Crippen LogP contribution in [-0.2, 0) is 14.8 Å². The fourth-order valence-corrected chi connectivity index (χ4v) is 6.94. The minimum atomic E-state index is -4.37. The van der Waals surface area contributed by atoms with Crippen LogP contribution in [0.25, 0.3) is 0 Å². The summed E-state index contributed by atoms with van der Waals surface area (Å²) in [5, 5.41) is 26.6. The molecule has 0 saturated carbocycles. The van der Waals surface area contributed by atoms with E-state index in [1.807, 2.05) is 48.9 Å². The quantitative estimate of drug-likeness (QED) is 0.0581. The van der Waals surface area contributed by atoms with Crippen LogP contribution in [0.2, 0.25) is 0 Å². The highest BCUT2D eigenvalue weighted by Gasteiger charge is 2.25. The fourth-order valence-electron chi connectivity index (χ4n) is 4.95. The lowest BCUT2D eigenvalue weighted by Crippen LogP contribution is -2.43. The molecule has 3 aromatic rings. The molecule has 266 valence electrons. The van der Waals surface area contributed by atoms with Crippen LogP contribution in [0.1, 0.15) is 49.9 Å². The molecule has 1 aliphatic heterocycles. The Balaban J connectivity index is 0.000000838. The van der Waals surface area contributed by atoms with E-state index in [2.05, 4.69) is 15.5 Å². The number of carbonyl (C=O) groups excluding carboxylic acids is 1. The number of carbonyl (C=O) groups is 2. The summed E-state index contributed by atoms with van der Waals surface area (Å²) in [6.45, 7) is 7.72. The van der Waals surface area contributed by atoms with Crippen molar-refractivity contribution in [1.29, 1.82) is 0 Å². The van der Waals surface area contributed by atoms with Crippen LogP contribution in [0.4, 0.5) is 17.1 Å². The number of nitro groups is 1. The van der Waals surface area contributed by atoms with Crippen molar-refractivity contribution in [3.8, 4) is 0 Å². The number of nitrogens with one attached hydrogen (secondary N) is 3. The molecular weight excluding hydrogens is 669 g/mol. The molecule has 0 aliphatic carbocycles. The van der Waals surface area contributed by atoms with Gasteiger partial charge in [0.1, 0.15) is 5.69 Å². The molecule has 1 fully saturated rings. The summed E-state index contributed by atoms with van der Waals surface area (Å²) in [5.41, 5.74) is 6.59. The molecule has 4 rings (SSSR count). The number of amides is 1. The predicted octanol–water partition coefficient (Wildman–Crippen LogP) is 4.94. The topological polar surface area (TPSA) is 197 Å². The molecule has 15 heteroatoms. The number of piperazine rings is 1. The Bertz CT molecular complexity index is 1620. The van der Waals surface area contributed by atoms with E-state index in [0.717, 1.165) is 62.1 Å². The average molecular weight is 715 g/mol. The van der Waals surface area contributed by atoms with Gasteiger partial charge >= 0.3 is 5.97 Å². The number of rotatable bonds is 16. The minimum absolute atomic E-state index is 0.119. The number of anilines is 2. The number of hydrogen-bond donors (Lipinski definition) is 5. The van der Waals surface area contributed by atoms with Crippen molar-refractivity contribution in [2.24, 2.45) is 11.7 Å². The van der Waals surface area contributed by atoms with Crippen LogP contribution < -0.4 is 26.0 Å². The predicted molar refractivity (Wildman–Crippen MR) is 194 cm³/mol. The Morgan fingerprint density at radius 3 is 2.29 bits per heavy atom.